The minimum atomic E-state index is -3.99. The first-order valence-corrected chi connectivity index (χ1v) is 7.32. The van der Waals surface area contributed by atoms with Gasteiger partial charge in [0.15, 0.2) is 5.75 Å². The van der Waals surface area contributed by atoms with Crippen LogP contribution in [0.4, 0.5) is 5.69 Å². The predicted molar refractivity (Wildman–Crippen MR) is 73.9 cm³/mol. The van der Waals surface area contributed by atoms with E-state index >= 15 is 0 Å². The fourth-order valence-corrected chi connectivity index (χ4v) is 3.37. The van der Waals surface area contributed by atoms with E-state index in [1.54, 1.807) is 6.92 Å². The van der Waals surface area contributed by atoms with Crippen molar-refractivity contribution in [3.8, 4) is 5.75 Å². The van der Waals surface area contributed by atoms with Gasteiger partial charge in [0.05, 0.1) is 17.1 Å². The molecule has 0 bridgehead atoms. The van der Waals surface area contributed by atoms with Crippen molar-refractivity contribution in [1.29, 1.82) is 0 Å². The van der Waals surface area contributed by atoms with Gasteiger partial charge in [0.2, 0.25) is 0 Å². The van der Waals surface area contributed by atoms with Crippen molar-refractivity contribution in [3.05, 3.63) is 35.2 Å². The van der Waals surface area contributed by atoms with Crippen LogP contribution >= 0.6 is 0 Å². The molecule has 21 heavy (non-hydrogen) atoms. The Kier molecular flexibility index (Phi) is 3.60. The van der Waals surface area contributed by atoms with Crippen LogP contribution in [0.1, 0.15) is 21.7 Å². The number of rotatable bonds is 4. The number of carboxylic acid groups (broad SMARTS) is 1. The van der Waals surface area contributed by atoms with E-state index in [-0.39, 0.29) is 16.3 Å². The normalized spacial score (nSPS) is 11.3. The Morgan fingerprint density at radius 1 is 1.33 bits per heavy atom. The molecule has 1 aromatic carbocycles. The quantitative estimate of drug-likeness (QED) is 0.628. The number of phenols is 1. The van der Waals surface area contributed by atoms with E-state index in [2.05, 4.69) is 14.9 Å². The smallest absolute Gasteiger partial charge is 0.339 e. The van der Waals surface area contributed by atoms with E-state index in [4.69, 9.17) is 5.11 Å². The highest BCUT2D eigenvalue weighted by atomic mass is 32.2. The number of aromatic amines is 1. The number of sulfonamides is 1. The van der Waals surface area contributed by atoms with Crippen molar-refractivity contribution < 1.29 is 23.4 Å². The predicted octanol–water partition coefficient (Wildman–Crippen LogP) is 1.23. The Morgan fingerprint density at radius 3 is 2.52 bits per heavy atom. The zero-order valence-corrected chi connectivity index (χ0v) is 12.0. The van der Waals surface area contributed by atoms with Gasteiger partial charge in [0.1, 0.15) is 10.5 Å². The summed E-state index contributed by atoms with van der Waals surface area (Å²) in [4.78, 5) is 10.9. The van der Waals surface area contributed by atoms with E-state index in [0.717, 1.165) is 0 Å². The SMILES string of the molecule is Cc1n[nH]c(C)c1S(=O)(=O)Nc1cccc(C(=O)O)c1O. The summed E-state index contributed by atoms with van der Waals surface area (Å²) in [5, 5.41) is 25.1. The number of carboxylic acids is 1. The summed E-state index contributed by atoms with van der Waals surface area (Å²) in [6.45, 7) is 3.06. The number of hydrogen-bond donors (Lipinski definition) is 4. The second-order valence-electron chi connectivity index (χ2n) is 4.38. The Balaban J connectivity index is 2.48. The Bertz CT molecular complexity index is 791. The monoisotopic (exact) mass is 311 g/mol. The van der Waals surface area contributed by atoms with Gasteiger partial charge < -0.3 is 10.2 Å². The van der Waals surface area contributed by atoms with E-state index in [0.29, 0.717) is 5.69 Å². The van der Waals surface area contributed by atoms with Gasteiger partial charge in [-0.1, -0.05) is 6.07 Å². The third-order valence-corrected chi connectivity index (χ3v) is 4.47. The molecule has 0 saturated heterocycles. The van der Waals surface area contributed by atoms with Crippen molar-refractivity contribution in [3.63, 3.8) is 0 Å². The lowest BCUT2D eigenvalue weighted by molar-refractivity contribution is 0.0694. The minimum absolute atomic E-state index is 0.0392. The van der Waals surface area contributed by atoms with Crippen LogP contribution in [0, 0.1) is 13.8 Å². The number of carbonyl (C=O) groups is 1. The number of para-hydroxylation sites is 1. The van der Waals surface area contributed by atoms with Crippen LogP contribution in [0.15, 0.2) is 23.1 Å². The van der Waals surface area contributed by atoms with Crippen LogP contribution in [-0.4, -0.2) is 34.8 Å². The minimum Gasteiger partial charge on any atom is -0.505 e. The number of anilines is 1. The number of aromatic hydroxyl groups is 1. The van der Waals surface area contributed by atoms with Crippen LogP contribution < -0.4 is 4.72 Å². The Hall–Kier alpha value is -2.55. The second kappa shape index (κ2) is 5.09. The average Bonchev–Trinajstić information content (AvgIpc) is 2.71. The third-order valence-electron chi connectivity index (χ3n) is 2.84. The molecule has 1 heterocycles. The molecule has 2 rings (SSSR count). The fraction of sp³-hybridized carbons (Fsp3) is 0.167. The van der Waals surface area contributed by atoms with Crippen molar-refractivity contribution >= 4 is 21.7 Å². The second-order valence-corrected chi connectivity index (χ2v) is 5.99. The number of aryl methyl sites for hydroxylation is 2. The van der Waals surface area contributed by atoms with E-state index in [1.165, 1.54) is 25.1 Å². The zero-order chi connectivity index (χ0) is 15.8. The summed E-state index contributed by atoms with van der Waals surface area (Å²) in [6, 6.07) is 3.77. The van der Waals surface area contributed by atoms with E-state index in [1.807, 2.05) is 0 Å². The summed E-state index contributed by atoms with van der Waals surface area (Å²) in [7, 11) is -3.99. The van der Waals surface area contributed by atoms with Gasteiger partial charge >= 0.3 is 5.97 Å². The highest BCUT2D eigenvalue weighted by Crippen LogP contribution is 2.30. The Labute approximate surface area is 120 Å². The van der Waals surface area contributed by atoms with Crippen molar-refractivity contribution in [2.45, 2.75) is 18.7 Å². The van der Waals surface area contributed by atoms with Gasteiger partial charge in [-0.05, 0) is 26.0 Å². The van der Waals surface area contributed by atoms with Gasteiger partial charge in [-0.2, -0.15) is 5.10 Å². The highest BCUT2D eigenvalue weighted by molar-refractivity contribution is 7.92. The number of nitrogens with zero attached hydrogens (tertiary/aromatic N) is 1. The van der Waals surface area contributed by atoms with Gasteiger partial charge in [-0.15, -0.1) is 0 Å². The van der Waals surface area contributed by atoms with Crippen molar-refractivity contribution in [1.82, 2.24) is 10.2 Å². The molecule has 0 amide bonds. The van der Waals surface area contributed by atoms with Gasteiger partial charge in [0, 0.05) is 0 Å². The van der Waals surface area contributed by atoms with Crippen molar-refractivity contribution in [2.75, 3.05) is 4.72 Å². The van der Waals surface area contributed by atoms with Gasteiger partial charge in [-0.3, -0.25) is 9.82 Å². The number of H-pyrrole nitrogens is 1. The summed E-state index contributed by atoms with van der Waals surface area (Å²) in [5.41, 5.74) is 0.00787. The molecule has 1 aromatic heterocycles. The van der Waals surface area contributed by atoms with E-state index < -0.39 is 27.3 Å². The van der Waals surface area contributed by atoms with Gasteiger partial charge in [-0.25, -0.2) is 13.2 Å². The molecule has 2 aromatic rings. The molecule has 0 spiro atoms. The first kappa shape index (κ1) is 14.9. The molecule has 8 nitrogen and oxygen atoms in total. The molecule has 9 heteroatoms. The molecule has 0 atom stereocenters. The number of nitrogens with one attached hydrogen (secondary N) is 2. The van der Waals surface area contributed by atoms with Crippen LogP contribution in [0.3, 0.4) is 0 Å². The number of hydrogen-bond acceptors (Lipinski definition) is 5. The molecule has 0 radical (unpaired) electrons. The molecular weight excluding hydrogens is 298 g/mol. The topological polar surface area (TPSA) is 132 Å². The molecule has 0 unspecified atom stereocenters. The maximum atomic E-state index is 12.3. The molecule has 112 valence electrons. The molecule has 4 N–H and O–H groups in total. The van der Waals surface area contributed by atoms with Crippen LogP contribution in [0.2, 0.25) is 0 Å². The standard InChI is InChI=1S/C12H13N3O5S/c1-6-11(7(2)14-13-6)21(19,20)15-9-5-3-4-8(10(9)16)12(17)18/h3-5,15-16H,1-2H3,(H,13,14)(H,17,18). The van der Waals surface area contributed by atoms with Crippen LogP contribution in [-0.2, 0) is 10.0 Å². The van der Waals surface area contributed by atoms with Crippen LogP contribution in [0.25, 0.3) is 0 Å². The molecule has 0 aliphatic carbocycles. The average molecular weight is 311 g/mol. The maximum Gasteiger partial charge on any atom is 0.339 e. The molecular formula is C12H13N3O5S. The third kappa shape index (κ3) is 2.68. The van der Waals surface area contributed by atoms with E-state index in [9.17, 15) is 18.3 Å². The summed E-state index contributed by atoms with van der Waals surface area (Å²) >= 11 is 0. The first-order valence-electron chi connectivity index (χ1n) is 5.83. The zero-order valence-electron chi connectivity index (χ0n) is 11.2. The lowest BCUT2D eigenvalue weighted by atomic mass is 10.2. The molecule has 0 aliphatic rings. The molecule has 0 saturated carbocycles. The number of benzene rings is 1. The van der Waals surface area contributed by atoms with Gasteiger partial charge in [0.25, 0.3) is 10.0 Å². The maximum absolute atomic E-state index is 12.3. The fourth-order valence-electron chi connectivity index (χ4n) is 1.93. The van der Waals surface area contributed by atoms with Crippen molar-refractivity contribution in [2.24, 2.45) is 0 Å². The molecule has 0 aliphatic heterocycles. The summed E-state index contributed by atoms with van der Waals surface area (Å²) in [5.74, 6) is -2.00. The number of aromatic nitrogens is 2. The number of aromatic carboxylic acids is 1. The largest absolute Gasteiger partial charge is 0.505 e. The molecule has 0 fully saturated rings. The highest BCUT2D eigenvalue weighted by Gasteiger charge is 2.24. The first-order chi connectivity index (χ1) is 9.74. The Morgan fingerprint density at radius 2 is 2.00 bits per heavy atom. The lowest BCUT2D eigenvalue weighted by Gasteiger charge is -2.11. The lowest BCUT2D eigenvalue weighted by Crippen LogP contribution is -2.15. The summed E-state index contributed by atoms with van der Waals surface area (Å²) in [6.07, 6.45) is 0. The van der Waals surface area contributed by atoms with Crippen LogP contribution in [0.5, 0.6) is 5.75 Å². The summed E-state index contributed by atoms with van der Waals surface area (Å²) < 4.78 is 26.8.